The quantitative estimate of drug-likeness (QED) is 0.539. The Balaban J connectivity index is 4.12. The van der Waals surface area contributed by atoms with Gasteiger partial charge in [-0.2, -0.15) is 0 Å². The van der Waals surface area contributed by atoms with Gasteiger partial charge in [-0.1, -0.05) is 5.18 Å². The Morgan fingerprint density at radius 3 is 2.00 bits per heavy atom. The first-order chi connectivity index (χ1) is 3.50. The Bertz CT molecular complexity index is 118. The molecule has 4 heteroatoms. The molecule has 0 bridgehead atoms. The Labute approximate surface area is 46.5 Å². The second kappa shape index (κ2) is 1.90. The van der Waals surface area contributed by atoms with Crippen LogP contribution in [-0.2, 0) is 4.79 Å². The summed E-state index contributed by atoms with van der Waals surface area (Å²) in [5, 5.41) is 10.5. The van der Waals surface area contributed by atoms with E-state index in [4.69, 9.17) is 5.11 Å². The molecule has 0 amide bonds. The van der Waals surface area contributed by atoms with Gasteiger partial charge in [0.05, 0.1) is 0 Å². The minimum absolute atomic E-state index is 1.20. The molecule has 0 aromatic heterocycles. The molecule has 4 nitrogen and oxygen atoms in total. The summed E-state index contributed by atoms with van der Waals surface area (Å²) < 4.78 is 0. The highest BCUT2D eigenvalue weighted by molar-refractivity contribution is 5.77. The molecule has 0 spiro atoms. The van der Waals surface area contributed by atoms with Gasteiger partial charge < -0.3 is 5.11 Å². The van der Waals surface area contributed by atoms with Crippen LogP contribution in [0.3, 0.4) is 0 Å². The van der Waals surface area contributed by atoms with Gasteiger partial charge in [0.15, 0.2) is 5.54 Å². The van der Waals surface area contributed by atoms with E-state index >= 15 is 0 Å². The summed E-state index contributed by atoms with van der Waals surface area (Å²) in [5.74, 6) is -1.20. The molecule has 1 N–H and O–H groups in total. The van der Waals surface area contributed by atoms with Gasteiger partial charge in [-0.25, -0.2) is 4.79 Å². The Morgan fingerprint density at radius 1 is 1.62 bits per heavy atom. The zero-order chi connectivity index (χ0) is 6.78. The fourth-order valence-electron chi connectivity index (χ4n) is 0.0390. The van der Waals surface area contributed by atoms with Crippen molar-refractivity contribution >= 4 is 5.97 Å². The highest BCUT2D eigenvalue weighted by atomic mass is 16.4. The second-order valence-electron chi connectivity index (χ2n) is 1.96. The van der Waals surface area contributed by atoms with E-state index in [1.54, 1.807) is 0 Å². The molecular formula is C4H7NO3. The number of hydrogen-bond acceptors (Lipinski definition) is 3. The third kappa shape index (κ3) is 1.29. The number of carboxylic acids is 1. The van der Waals surface area contributed by atoms with Gasteiger partial charge in [-0.3, -0.25) is 0 Å². The van der Waals surface area contributed by atoms with Crippen molar-refractivity contribution in [2.75, 3.05) is 0 Å². The third-order valence-electron chi connectivity index (χ3n) is 0.752. The predicted molar refractivity (Wildman–Crippen MR) is 27.5 cm³/mol. The van der Waals surface area contributed by atoms with Gasteiger partial charge in [0.2, 0.25) is 0 Å². The van der Waals surface area contributed by atoms with Crippen LogP contribution < -0.4 is 0 Å². The van der Waals surface area contributed by atoms with Gasteiger partial charge in [0.25, 0.3) is 0 Å². The smallest absolute Gasteiger partial charge is 0.334 e. The molecule has 0 aliphatic heterocycles. The van der Waals surface area contributed by atoms with Crippen molar-refractivity contribution < 1.29 is 9.90 Å². The summed E-state index contributed by atoms with van der Waals surface area (Å²) >= 11 is 0. The zero-order valence-electron chi connectivity index (χ0n) is 4.71. The predicted octanol–water partition coefficient (Wildman–Crippen LogP) is 0.616. The van der Waals surface area contributed by atoms with Crippen molar-refractivity contribution in [2.45, 2.75) is 19.4 Å². The minimum Gasteiger partial charge on any atom is -0.479 e. The van der Waals surface area contributed by atoms with Crippen LogP contribution in [0.1, 0.15) is 13.8 Å². The first kappa shape index (κ1) is 7.07. The lowest BCUT2D eigenvalue weighted by Crippen LogP contribution is -2.27. The molecule has 0 aromatic carbocycles. The monoisotopic (exact) mass is 117 g/mol. The molecule has 0 saturated carbocycles. The average molecular weight is 117 g/mol. The summed E-state index contributed by atoms with van der Waals surface area (Å²) in [4.78, 5) is 19.6. The average Bonchev–Trinajstić information content (AvgIpc) is 1.67. The maximum atomic E-state index is 9.96. The van der Waals surface area contributed by atoms with Crippen LogP contribution in [0.5, 0.6) is 0 Å². The van der Waals surface area contributed by atoms with Gasteiger partial charge in [0, 0.05) is 0 Å². The number of hydrogen-bond donors (Lipinski definition) is 1. The standard InChI is InChI=1S/C4H7NO3/c1-4(2,5-8)3(6)7/h1-2H3,(H,6,7). The Morgan fingerprint density at radius 2 is 2.00 bits per heavy atom. The number of carboxylic acid groups (broad SMARTS) is 1. The number of nitroso groups, excluding NO2 is 1. The molecule has 0 unspecified atom stereocenters. The van der Waals surface area contributed by atoms with Gasteiger partial charge >= 0.3 is 5.97 Å². The van der Waals surface area contributed by atoms with E-state index in [0.29, 0.717) is 0 Å². The maximum Gasteiger partial charge on any atom is 0.334 e. The van der Waals surface area contributed by atoms with Crippen LogP contribution in [0, 0.1) is 4.91 Å². The van der Waals surface area contributed by atoms with Gasteiger partial charge in [-0.15, -0.1) is 4.91 Å². The molecule has 0 rings (SSSR count). The SMILES string of the molecule is CC(C)(N=O)C(=O)O. The number of rotatable bonds is 2. The Kier molecular flexibility index (Phi) is 1.68. The van der Waals surface area contributed by atoms with E-state index in [-0.39, 0.29) is 0 Å². The molecule has 0 fully saturated rings. The topological polar surface area (TPSA) is 66.7 Å². The summed E-state index contributed by atoms with van der Waals surface area (Å²) in [6.45, 7) is 2.48. The molecule has 0 aliphatic rings. The molecule has 46 valence electrons. The fourth-order valence-corrected chi connectivity index (χ4v) is 0.0390. The molecule has 0 aromatic rings. The lowest BCUT2D eigenvalue weighted by molar-refractivity contribution is -0.141. The molecule has 0 heterocycles. The van der Waals surface area contributed by atoms with Crippen molar-refractivity contribution in [3.63, 3.8) is 0 Å². The van der Waals surface area contributed by atoms with E-state index < -0.39 is 11.5 Å². The Hall–Kier alpha value is -0.930. The summed E-state index contributed by atoms with van der Waals surface area (Å²) in [7, 11) is 0. The van der Waals surface area contributed by atoms with Crippen LogP contribution in [0.2, 0.25) is 0 Å². The molecule has 0 aliphatic carbocycles. The molecular weight excluding hydrogens is 110 g/mol. The third-order valence-corrected chi connectivity index (χ3v) is 0.752. The van der Waals surface area contributed by atoms with E-state index in [0.717, 1.165) is 0 Å². The van der Waals surface area contributed by atoms with E-state index in [1.165, 1.54) is 13.8 Å². The fraction of sp³-hybridized carbons (Fsp3) is 0.750. The van der Waals surface area contributed by atoms with Crippen LogP contribution >= 0.6 is 0 Å². The van der Waals surface area contributed by atoms with E-state index in [1.807, 2.05) is 0 Å². The van der Waals surface area contributed by atoms with Crippen molar-refractivity contribution in [1.29, 1.82) is 0 Å². The van der Waals surface area contributed by atoms with Crippen LogP contribution in [0.15, 0.2) is 5.18 Å². The van der Waals surface area contributed by atoms with Crippen molar-refractivity contribution in [2.24, 2.45) is 5.18 Å². The lowest BCUT2D eigenvalue weighted by atomic mass is 10.1. The lowest BCUT2D eigenvalue weighted by Gasteiger charge is -2.05. The summed E-state index contributed by atoms with van der Waals surface area (Å²) in [6.07, 6.45) is 0. The van der Waals surface area contributed by atoms with Gasteiger partial charge in [0.1, 0.15) is 0 Å². The number of carbonyl (C=O) groups is 1. The van der Waals surface area contributed by atoms with Crippen molar-refractivity contribution in [1.82, 2.24) is 0 Å². The molecule has 0 radical (unpaired) electrons. The first-order valence-corrected chi connectivity index (χ1v) is 2.08. The summed E-state index contributed by atoms with van der Waals surface area (Å²) in [5.41, 5.74) is -1.47. The molecule has 0 saturated heterocycles. The van der Waals surface area contributed by atoms with Gasteiger partial charge in [-0.05, 0) is 13.8 Å². The number of nitrogens with zero attached hydrogens (tertiary/aromatic N) is 1. The first-order valence-electron chi connectivity index (χ1n) is 2.08. The van der Waals surface area contributed by atoms with Crippen molar-refractivity contribution in [3.8, 4) is 0 Å². The highest BCUT2D eigenvalue weighted by Gasteiger charge is 2.27. The zero-order valence-corrected chi connectivity index (χ0v) is 4.71. The molecule has 8 heavy (non-hydrogen) atoms. The second-order valence-corrected chi connectivity index (χ2v) is 1.96. The van der Waals surface area contributed by atoms with E-state index in [9.17, 15) is 9.70 Å². The largest absolute Gasteiger partial charge is 0.479 e. The van der Waals surface area contributed by atoms with Crippen molar-refractivity contribution in [3.05, 3.63) is 4.91 Å². The summed E-state index contributed by atoms with van der Waals surface area (Å²) in [6, 6.07) is 0. The maximum absolute atomic E-state index is 9.96. The molecule has 0 atom stereocenters. The highest BCUT2D eigenvalue weighted by Crippen LogP contribution is 2.06. The van der Waals surface area contributed by atoms with Crippen LogP contribution in [0.25, 0.3) is 0 Å². The van der Waals surface area contributed by atoms with Crippen LogP contribution in [0.4, 0.5) is 0 Å². The number of aliphatic carboxylic acids is 1. The van der Waals surface area contributed by atoms with E-state index in [2.05, 4.69) is 5.18 Å². The minimum atomic E-state index is -1.47. The normalized spacial score (nSPS) is 10.8. The van der Waals surface area contributed by atoms with Crippen LogP contribution in [-0.4, -0.2) is 16.6 Å².